The lowest BCUT2D eigenvalue weighted by Crippen LogP contribution is -2.27. The maximum atomic E-state index is 13.5. The molecule has 0 saturated carbocycles. The number of fused-ring (bicyclic) bond motifs is 2. The molecule has 1 saturated heterocycles. The Bertz CT molecular complexity index is 1240. The van der Waals surface area contributed by atoms with Crippen LogP contribution < -0.4 is 5.56 Å². The predicted octanol–water partition coefficient (Wildman–Crippen LogP) is 2.73. The molecule has 1 aliphatic rings. The van der Waals surface area contributed by atoms with Crippen molar-refractivity contribution in [3.8, 4) is 11.3 Å². The molecule has 3 aromatic heterocycles. The fraction of sp³-hybridized carbons (Fsp3) is 0.300. The normalized spacial score (nSPS) is 17.0. The van der Waals surface area contributed by atoms with Crippen LogP contribution in [0, 0.1) is 12.7 Å². The minimum Gasteiger partial charge on any atom is -0.376 e. The van der Waals surface area contributed by atoms with Crippen molar-refractivity contribution in [1.82, 2.24) is 24.1 Å². The molecule has 1 fully saturated rings. The smallest absolute Gasteiger partial charge is 0.262 e. The van der Waals surface area contributed by atoms with Gasteiger partial charge in [0.05, 0.1) is 29.2 Å². The van der Waals surface area contributed by atoms with Crippen LogP contribution in [-0.2, 0) is 11.3 Å². The summed E-state index contributed by atoms with van der Waals surface area (Å²) in [7, 11) is 0. The third-order valence-electron chi connectivity index (χ3n) is 5.05. The highest BCUT2D eigenvalue weighted by Crippen LogP contribution is 2.26. The largest absolute Gasteiger partial charge is 0.376 e. The monoisotopic (exact) mass is 379 g/mol. The van der Waals surface area contributed by atoms with E-state index in [9.17, 15) is 9.18 Å². The van der Waals surface area contributed by atoms with E-state index in [0.717, 1.165) is 19.4 Å². The van der Waals surface area contributed by atoms with Crippen LogP contribution in [0.5, 0.6) is 0 Å². The number of ether oxygens (including phenoxy) is 1. The Labute approximate surface area is 159 Å². The number of nitrogens with zero attached hydrogens (tertiary/aromatic N) is 5. The molecule has 0 bridgehead atoms. The van der Waals surface area contributed by atoms with Gasteiger partial charge in [0.15, 0.2) is 0 Å². The van der Waals surface area contributed by atoms with Crippen LogP contribution in [0.2, 0.25) is 0 Å². The Hall–Kier alpha value is -3.13. The summed E-state index contributed by atoms with van der Waals surface area (Å²) >= 11 is 0. The number of aryl methyl sites for hydroxylation is 1. The summed E-state index contributed by atoms with van der Waals surface area (Å²) < 4.78 is 22.4. The third kappa shape index (κ3) is 2.77. The average molecular weight is 379 g/mol. The Balaban J connectivity index is 1.80. The molecule has 28 heavy (non-hydrogen) atoms. The quantitative estimate of drug-likeness (QED) is 0.547. The van der Waals surface area contributed by atoms with E-state index in [2.05, 4.69) is 15.1 Å². The van der Waals surface area contributed by atoms with Gasteiger partial charge in [-0.3, -0.25) is 4.79 Å². The summed E-state index contributed by atoms with van der Waals surface area (Å²) in [5, 5.41) is 4.85. The molecule has 0 unspecified atom stereocenters. The van der Waals surface area contributed by atoms with Crippen LogP contribution in [0.1, 0.15) is 18.7 Å². The first-order valence-electron chi connectivity index (χ1n) is 9.24. The molecule has 5 rings (SSSR count). The summed E-state index contributed by atoms with van der Waals surface area (Å²) in [5.41, 5.74) is 1.60. The highest BCUT2D eigenvalue weighted by atomic mass is 19.1. The number of halogens is 1. The van der Waals surface area contributed by atoms with Crippen LogP contribution in [0.15, 0.2) is 41.3 Å². The first-order chi connectivity index (χ1) is 13.6. The lowest BCUT2D eigenvalue weighted by molar-refractivity contribution is 0.0963. The van der Waals surface area contributed by atoms with Gasteiger partial charge < -0.3 is 9.30 Å². The molecule has 0 radical (unpaired) electrons. The summed E-state index contributed by atoms with van der Waals surface area (Å²) in [5.74, 6) is 0.607. The van der Waals surface area contributed by atoms with E-state index < -0.39 is 0 Å². The van der Waals surface area contributed by atoms with Gasteiger partial charge in [-0.25, -0.2) is 9.37 Å². The third-order valence-corrected chi connectivity index (χ3v) is 5.05. The van der Waals surface area contributed by atoms with Crippen molar-refractivity contribution in [3.63, 3.8) is 0 Å². The van der Waals surface area contributed by atoms with Gasteiger partial charge in [-0.15, -0.1) is 5.10 Å². The second kappa shape index (κ2) is 6.49. The molecular formula is C20H18FN5O2. The number of benzene rings is 1. The Morgan fingerprint density at radius 2 is 2.04 bits per heavy atom. The number of pyridine rings is 1. The van der Waals surface area contributed by atoms with Crippen molar-refractivity contribution in [2.24, 2.45) is 0 Å². The molecule has 0 spiro atoms. The maximum Gasteiger partial charge on any atom is 0.262 e. The molecule has 1 atom stereocenters. The molecule has 142 valence electrons. The molecule has 0 N–H and O–H groups in total. The average Bonchev–Trinajstić information content (AvgIpc) is 3.32. The highest BCUT2D eigenvalue weighted by molar-refractivity contribution is 5.93. The maximum absolute atomic E-state index is 13.5. The van der Waals surface area contributed by atoms with E-state index in [1.807, 2.05) is 6.07 Å². The van der Waals surface area contributed by atoms with Crippen molar-refractivity contribution >= 4 is 16.7 Å². The van der Waals surface area contributed by atoms with E-state index in [1.165, 1.54) is 12.1 Å². The zero-order valence-electron chi connectivity index (χ0n) is 15.3. The molecule has 0 amide bonds. The van der Waals surface area contributed by atoms with Crippen LogP contribution in [0.3, 0.4) is 0 Å². The molecule has 1 aliphatic heterocycles. The van der Waals surface area contributed by atoms with Crippen molar-refractivity contribution < 1.29 is 9.13 Å². The van der Waals surface area contributed by atoms with Crippen LogP contribution in [-0.4, -0.2) is 36.9 Å². The minimum absolute atomic E-state index is 0.0368. The van der Waals surface area contributed by atoms with Gasteiger partial charge in [-0.05, 0) is 50.1 Å². The second-order valence-electron chi connectivity index (χ2n) is 7.01. The molecular weight excluding hydrogens is 361 g/mol. The summed E-state index contributed by atoms with van der Waals surface area (Å²) in [6.45, 7) is 2.99. The van der Waals surface area contributed by atoms with Crippen LogP contribution in [0.25, 0.3) is 27.9 Å². The lowest BCUT2D eigenvalue weighted by atomic mass is 10.1. The van der Waals surface area contributed by atoms with E-state index in [4.69, 9.17) is 4.74 Å². The van der Waals surface area contributed by atoms with E-state index in [0.29, 0.717) is 40.3 Å². The van der Waals surface area contributed by atoms with Gasteiger partial charge in [0.2, 0.25) is 0 Å². The summed E-state index contributed by atoms with van der Waals surface area (Å²) in [4.78, 5) is 22.2. The van der Waals surface area contributed by atoms with Crippen molar-refractivity contribution in [2.75, 3.05) is 6.61 Å². The van der Waals surface area contributed by atoms with Gasteiger partial charge >= 0.3 is 0 Å². The first-order valence-corrected chi connectivity index (χ1v) is 9.24. The Morgan fingerprint density at radius 3 is 2.79 bits per heavy atom. The summed E-state index contributed by atoms with van der Waals surface area (Å²) in [6.07, 6.45) is 3.73. The van der Waals surface area contributed by atoms with Gasteiger partial charge in [0.25, 0.3) is 11.3 Å². The molecule has 8 heteroatoms. The van der Waals surface area contributed by atoms with Gasteiger partial charge in [-0.1, -0.05) is 0 Å². The number of rotatable bonds is 3. The van der Waals surface area contributed by atoms with Gasteiger partial charge in [-0.2, -0.15) is 9.50 Å². The predicted molar refractivity (Wildman–Crippen MR) is 102 cm³/mol. The lowest BCUT2D eigenvalue weighted by Gasteiger charge is -2.14. The highest BCUT2D eigenvalue weighted by Gasteiger charge is 2.21. The van der Waals surface area contributed by atoms with Crippen LogP contribution in [0.4, 0.5) is 4.39 Å². The molecule has 1 aromatic carbocycles. The molecule has 0 aliphatic carbocycles. The Kier molecular flexibility index (Phi) is 3.94. The number of hydrogen-bond donors (Lipinski definition) is 0. The van der Waals surface area contributed by atoms with Crippen molar-refractivity contribution in [2.45, 2.75) is 32.4 Å². The topological polar surface area (TPSA) is 74.3 Å². The Morgan fingerprint density at radius 1 is 1.21 bits per heavy atom. The minimum atomic E-state index is -0.344. The fourth-order valence-corrected chi connectivity index (χ4v) is 3.75. The fourth-order valence-electron chi connectivity index (χ4n) is 3.75. The first kappa shape index (κ1) is 17.0. The van der Waals surface area contributed by atoms with Crippen molar-refractivity contribution in [3.05, 3.63) is 58.5 Å². The van der Waals surface area contributed by atoms with Crippen LogP contribution >= 0.6 is 0 Å². The van der Waals surface area contributed by atoms with E-state index >= 15 is 0 Å². The molecule has 4 aromatic rings. The zero-order chi connectivity index (χ0) is 19.3. The number of aromatic nitrogens is 5. The standard InChI is InChI=1S/C20H18FN5O2/c1-12-22-20-23-16-8-9-25(11-15-3-2-10-28-15)19(27)17(16)18(26(20)24-12)13-4-6-14(21)7-5-13/h4-9,15H,2-3,10-11H2,1H3/t15-/m1/s1. The number of hydrogen-bond acceptors (Lipinski definition) is 5. The zero-order valence-corrected chi connectivity index (χ0v) is 15.3. The van der Waals surface area contributed by atoms with Gasteiger partial charge in [0.1, 0.15) is 11.6 Å². The summed E-state index contributed by atoms with van der Waals surface area (Å²) in [6, 6.07) is 7.81. The van der Waals surface area contributed by atoms with E-state index in [1.54, 1.807) is 34.3 Å². The molecule has 7 nitrogen and oxygen atoms in total. The SMILES string of the molecule is Cc1nc2nc3ccn(C[C@H]4CCCO4)c(=O)c3c(-c3ccc(F)cc3)n2n1. The van der Waals surface area contributed by atoms with E-state index in [-0.39, 0.29) is 17.5 Å². The van der Waals surface area contributed by atoms with Crippen molar-refractivity contribution in [1.29, 1.82) is 0 Å². The van der Waals surface area contributed by atoms with Gasteiger partial charge in [0, 0.05) is 18.4 Å². The second-order valence-corrected chi connectivity index (χ2v) is 7.01. The molecule has 4 heterocycles.